The number of carbonyl (C=O) groups is 2. The van der Waals surface area contributed by atoms with Gasteiger partial charge in [-0.05, 0) is 49.6 Å². The third-order valence-electron chi connectivity index (χ3n) is 4.83. The van der Waals surface area contributed by atoms with E-state index in [9.17, 15) is 9.59 Å². The predicted octanol–water partition coefficient (Wildman–Crippen LogP) is 4.09. The molecule has 1 amide bonds. The fourth-order valence-electron chi connectivity index (χ4n) is 3.53. The van der Waals surface area contributed by atoms with E-state index in [1.807, 2.05) is 23.1 Å². The lowest BCUT2D eigenvalue weighted by Crippen LogP contribution is -2.30. The van der Waals surface area contributed by atoms with Crippen molar-refractivity contribution in [1.29, 1.82) is 0 Å². The molecule has 2 aliphatic heterocycles. The number of carbonyl (C=O) groups excluding carboxylic acids is 2. The van der Waals surface area contributed by atoms with Gasteiger partial charge < -0.3 is 14.4 Å². The Morgan fingerprint density at radius 3 is 2.58 bits per heavy atom. The summed E-state index contributed by atoms with van der Waals surface area (Å²) in [6.07, 6.45) is 2.76. The minimum absolute atomic E-state index is 0.00267. The van der Waals surface area contributed by atoms with Gasteiger partial charge in [0.25, 0.3) is 5.91 Å². The topological polar surface area (TPSA) is 55.8 Å². The summed E-state index contributed by atoms with van der Waals surface area (Å²) in [6, 6.07) is 9.50. The smallest absolute Gasteiger partial charge is 0.264 e. The molecular weight excluding hydrogens is 350 g/mol. The fourth-order valence-corrected chi connectivity index (χ4v) is 4.38. The van der Waals surface area contributed by atoms with E-state index in [1.165, 1.54) is 18.3 Å². The third kappa shape index (κ3) is 3.21. The summed E-state index contributed by atoms with van der Waals surface area (Å²) in [6.45, 7) is 3.56. The number of hydrogen-bond donors (Lipinski definition) is 0. The van der Waals surface area contributed by atoms with Crippen molar-refractivity contribution in [3.8, 4) is 11.5 Å². The SMILES string of the molecule is CC(=O)c1ccc(C(=O)N2CCC[C@@H]2c2ccc3c(c2)OCCCO3)s1. The maximum absolute atomic E-state index is 13.0. The van der Waals surface area contributed by atoms with Gasteiger partial charge in [-0.15, -0.1) is 11.3 Å². The highest BCUT2D eigenvalue weighted by molar-refractivity contribution is 7.15. The molecule has 0 saturated carbocycles. The second-order valence-electron chi connectivity index (χ2n) is 6.63. The highest BCUT2D eigenvalue weighted by atomic mass is 32.1. The summed E-state index contributed by atoms with van der Waals surface area (Å²) in [5, 5.41) is 0. The Labute approximate surface area is 156 Å². The largest absolute Gasteiger partial charge is 0.490 e. The van der Waals surface area contributed by atoms with E-state index in [0.29, 0.717) is 23.0 Å². The monoisotopic (exact) mass is 371 g/mol. The first-order valence-corrected chi connectivity index (χ1v) is 9.76. The Morgan fingerprint density at radius 1 is 1.04 bits per heavy atom. The van der Waals surface area contributed by atoms with E-state index in [4.69, 9.17) is 9.47 Å². The molecule has 1 aromatic carbocycles. The number of Topliss-reactive ketones (excluding diaryl/α,β-unsaturated/α-hetero) is 1. The Bertz CT molecular complexity index is 844. The average molecular weight is 371 g/mol. The molecule has 0 radical (unpaired) electrons. The standard InChI is InChI=1S/C20H21NO4S/c1-13(22)18-7-8-19(26-18)20(23)21-9-2-4-15(21)14-5-6-16-17(12-14)25-11-3-10-24-16/h5-8,12,15H,2-4,9-11H2,1H3/t15-/m1/s1. The lowest BCUT2D eigenvalue weighted by molar-refractivity contribution is 0.0740. The van der Waals surface area contributed by atoms with Crippen LogP contribution in [0, 0.1) is 0 Å². The van der Waals surface area contributed by atoms with Gasteiger partial charge in [-0.25, -0.2) is 0 Å². The van der Waals surface area contributed by atoms with Gasteiger partial charge in [0.05, 0.1) is 29.0 Å². The molecule has 26 heavy (non-hydrogen) atoms. The van der Waals surface area contributed by atoms with Crippen LogP contribution in [-0.4, -0.2) is 36.3 Å². The number of benzene rings is 1. The van der Waals surface area contributed by atoms with Crippen molar-refractivity contribution < 1.29 is 19.1 Å². The molecule has 2 aliphatic rings. The second-order valence-corrected chi connectivity index (χ2v) is 7.72. The minimum Gasteiger partial charge on any atom is -0.490 e. The molecule has 3 heterocycles. The Morgan fingerprint density at radius 2 is 1.81 bits per heavy atom. The van der Waals surface area contributed by atoms with Crippen LogP contribution in [0.4, 0.5) is 0 Å². The molecular formula is C20H21NO4S. The number of ether oxygens (including phenoxy) is 2. The predicted molar refractivity (Wildman–Crippen MR) is 99.4 cm³/mol. The van der Waals surface area contributed by atoms with E-state index < -0.39 is 0 Å². The van der Waals surface area contributed by atoms with Gasteiger partial charge in [0, 0.05) is 13.0 Å². The van der Waals surface area contributed by atoms with Gasteiger partial charge in [0.15, 0.2) is 17.3 Å². The number of amides is 1. The molecule has 136 valence electrons. The summed E-state index contributed by atoms with van der Waals surface area (Å²) >= 11 is 1.27. The van der Waals surface area contributed by atoms with Crippen LogP contribution in [0.1, 0.15) is 57.1 Å². The third-order valence-corrected chi connectivity index (χ3v) is 6.01. The van der Waals surface area contributed by atoms with Crippen LogP contribution in [-0.2, 0) is 0 Å². The van der Waals surface area contributed by atoms with Crippen molar-refractivity contribution in [3.63, 3.8) is 0 Å². The first-order valence-electron chi connectivity index (χ1n) is 8.95. The first-order chi connectivity index (χ1) is 12.6. The molecule has 4 rings (SSSR count). The second kappa shape index (κ2) is 7.11. The van der Waals surface area contributed by atoms with Crippen LogP contribution in [0.2, 0.25) is 0 Å². The van der Waals surface area contributed by atoms with Crippen LogP contribution in [0.15, 0.2) is 30.3 Å². The normalized spacial score (nSPS) is 19.3. The quantitative estimate of drug-likeness (QED) is 0.763. The number of thiophene rings is 1. The van der Waals surface area contributed by atoms with Crippen molar-refractivity contribution in [1.82, 2.24) is 4.90 Å². The van der Waals surface area contributed by atoms with Crippen LogP contribution in [0.25, 0.3) is 0 Å². The van der Waals surface area contributed by atoms with Gasteiger partial charge in [-0.1, -0.05) is 6.07 Å². The molecule has 1 aromatic heterocycles. The summed E-state index contributed by atoms with van der Waals surface area (Å²) in [5.74, 6) is 1.52. The first kappa shape index (κ1) is 17.1. The van der Waals surface area contributed by atoms with Gasteiger partial charge in [-0.2, -0.15) is 0 Å². The molecule has 0 aliphatic carbocycles. The zero-order valence-electron chi connectivity index (χ0n) is 14.7. The van der Waals surface area contributed by atoms with Crippen LogP contribution < -0.4 is 9.47 Å². The number of rotatable bonds is 3. The number of hydrogen-bond acceptors (Lipinski definition) is 5. The molecule has 1 fully saturated rings. The Balaban J connectivity index is 1.59. The van der Waals surface area contributed by atoms with Gasteiger partial charge >= 0.3 is 0 Å². The van der Waals surface area contributed by atoms with Crippen molar-refractivity contribution in [2.24, 2.45) is 0 Å². The summed E-state index contributed by atoms with van der Waals surface area (Å²) < 4.78 is 11.5. The van der Waals surface area contributed by atoms with Crippen LogP contribution in [0.5, 0.6) is 11.5 Å². The van der Waals surface area contributed by atoms with Crippen molar-refractivity contribution in [2.75, 3.05) is 19.8 Å². The lowest BCUT2D eigenvalue weighted by Gasteiger charge is -2.25. The zero-order chi connectivity index (χ0) is 18.1. The maximum Gasteiger partial charge on any atom is 0.264 e. The molecule has 0 spiro atoms. The Kier molecular flexibility index (Phi) is 4.68. The van der Waals surface area contributed by atoms with Gasteiger partial charge in [0.2, 0.25) is 0 Å². The summed E-state index contributed by atoms with van der Waals surface area (Å²) in [5.41, 5.74) is 1.07. The molecule has 1 atom stereocenters. The van der Waals surface area contributed by atoms with E-state index in [1.54, 1.807) is 12.1 Å². The zero-order valence-corrected chi connectivity index (χ0v) is 15.5. The molecule has 5 nitrogen and oxygen atoms in total. The lowest BCUT2D eigenvalue weighted by atomic mass is 10.0. The van der Waals surface area contributed by atoms with Crippen molar-refractivity contribution >= 4 is 23.0 Å². The molecule has 2 aromatic rings. The summed E-state index contributed by atoms with van der Waals surface area (Å²) in [4.78, 5) is 27.7. The van der Waals surface area contributed by atoms with Gasteiger partial charge in [0.1, 0.15) is 0 Å². The molecule has 0 N–H and O–H groups in total. The fraction of sp³-hybridized carbons (Fsp3) is 0.400. The molecule has 1 saturated heterocycles. The molecule has 0 bridgehead atoms. The molecule has 0 unspecified atom stereocenters. The van der Waals surface area contributed by atoms with Crippen molar-refractivity contribution in [2.45, 2.75) is 32.2 Å². The minimum atomic E-state index is -0.00470. The van der Waals surface area contributed by atoms with Crippen LogP contribution in [0.3, 0.4) is 0 Å². The average Bonchev–Trinajstić information content (AvgIpc) is 3.26. The highest BCUT2D eigenvalue weighted by Crippen LogP contribution is 2.39. The number of fused-ring (bicyclic) bond motifs is 1. The maximum atomic E-state index is 13.0. The molecule has 6 heteroatoms. The van der Waals surface area contributed by atoms with E-state index >= 15 is 0 Å². The van der Waals surface area contributed by atoms with Gasteiger partial charge in [-0.3, -0.25) is 9.59 Å². The number of nitrogens with zero attached hydrogens (tertiary/aromatic N) is 1. The highest BCUT2D eigenvalue weighted by Gasteiger charge is 2.32. The Hall–Kier alpha value is -2.34. The van der Waals surface area contributed by atoms with Crippen LogP contribution >= 0.6 is 11.3 Å². The van der Waals surface area contributed by atoms with Crippen molar-refractivity contribution in [3.05, 3.63) is 45.6 Å². The van der Waals surface area contributed by atoms with E-state index in [-0.39, 0.29) is 17.7 Å². The number of likely N-dealkylation sites (tertiary alicyclic amines) is 1. The van der Waals surface area contributed by atoms with E-state index in [2.05, 4.69) is 0 Å². The number of ketones is 1. The van der Waals surface area contributed by atoms with E-state index in [0.717, 1.165) is 42.9 Å². The summed E-state index contributed by atoms with van der Waals surface area (Å²) in [7, 11) is 0.